The number of rotatable bonds is 10. The van der Waals surface area contributed by atoms with Crippen LogP contribution in [0.5, 0.6) is 0 Å². The molecule has 1 aromatic rings. The van der Waals surface area contributed by atoms with Gasteiger partial charge in [-0.15, -0.1) is 17.9 Å². The number of hydrogen-bond donors (Lipinski definition) is 0. The average Bonchev–Trinajstić information content (AvgIpc) is 3.10. The quantitative estimate of drug-likeness (QED) is 0.393. The van der Waals surface area contributed by atoms with Crippen molar-refractivity contribution < 1.29 is 23.8 Å². The summed E-state index contributed by atoms with van der Waals surface area (Å²) < 4.78 is 16.5. The van der Waals surface area contributed by atoms with Crippen LogP contribution >= 0.6 is 11.3 Å². The predicted octanol–water partition coefficient (Wildman–Crippen LogP) is 4.85. The largest absolute Gasteiger partial charge is 0.461 e. The van der Waals surface area contributed by atoms with Crippen molar-refractivity contribution in [3.8, 4) is 0 Å². The highest BCUT2D eigenvalue weighted by molar-refractivity contribution is 7.09. The Morgan fingerprint density at radius 2 is 2.00 bits per heavy atom. The number of thiazole rings is 1. The molecule has 2 atom stereocenters. The second-order valence-electron chi connectivity index (χ2n) is 8.04. The van der Waals surface area contributed by atoms with Gasteiger partial charge in [-0.25, -0.2) is 14.6 Å². The molecule has 7 nitrogen and oxygen atoms in total. The van der Waals surface area contributed by atoms with E-state index in [0.717, 1.165) is 0 Å². The Labute approximate surface area is 178 Å². The summed E-state index contributed by atoms with van der Waals surface area (Å²) in [6.45, 7) is 15.7. The first-order valence-electron chi connectivity index (χ1n) is 9.81. The summed E-state index contributed by atoms with van der Waals surface area (Å²) >= 11 is 1.34. The smallest absolute Gasteiger partial charge is 0.410 e. The molecule has 0 saturated heterocycles. The normalized spacial score (nSPS) is 13.7. The molecule has 0 aliphatic heterocycles. The fourth-order valence-electron chi connectivity index (χ4n) is 2.72. The zero-order valence-electron chi connectivity index (χ0n) is 18.6. The Bertz CT molecular complexity index is 681. The molecule has 0 aromatic carbocycles. The molecular formula is C21H34N2O5S. The number of carbonyl (C=O) groups excluding carboxylic acids is 2. The maximum Gasteiger partial charge on any atom is 0.410 e. The summed E-state index contributed by atoms with van der Waals surface area (Å²) in [7, 11) is 1.73. The first kappa shape index (κ1) is 25.1. The lowest BCUT2D eigenvalue weighted by atomic mass is 9.96. The van der Waals surface area contributed by atoms with Crippen molar-refractivity contribution in [1.29, 1.82) is 0 Å². The van der Waals surface area contributed by atoms with Gasteiger partial charge in [-0.05, 0) is 33.6 Å². The topological polar surface area (TPSA) is 78.0 Å². The first-order chi connectivity index (χ1) is 13.5. The van der Waals surface area contributed by atoms with Gasteiger partial charge in [0.1, 0.15) is 16.7 Å². The Kier molecular flexibility index (Phi) is 9.79. The van der Waals surface area contributed by atoms with Crippen LogP contribution in [0, 0.1) is 5.92 Å². The molecule has 1 rings (SSSR count). The third kappa shape index (κ3) is 8.14. The van der Waals surface area contributed by atoms with E-state index >= 15 is 0 Å². The van der Waals surface area contributed by atoms with Crippen molar-refractivity contribution in [3.63, 3.8) is 0 Å². The van der Waals surface area contributed by atoms with E-state index in [1.54, 1.807) is 30.3 Å². The number of nitrogens with zero attached hydrogens (tertiary/aromatic N) is 2. The molecule has 0 radical (unpaired) electrons. The van der Waals surface area contributed by atoms with E-state index in [4.69, 9.17) is 14.2 Å². The zero-order valence-corrected chi connectivity index (χ0v) is 19.4. The SMILES string of the molecule is C=CCO[C@H](C[C@H](C(C)C)N(C)C(=O)OC(C)(C)C)c1nc(C(=O)OCC)cs1. The fraction of sp³-hybridized carbons (Fsp3) is 0.667. The molecule has 0 fully saturated rings. The van der Waals surface area contributed by atoms with E-state index in [1.807, 2.05) is 34.6 Å². The summed E-state index contributed by atoms with van der Waals surface area (Å²) in [6, 6.07) is -0.144. The maximum absolute atomic E-state index is 12.6. The van der Waals surface area contributed by atoms with Gasteiger partial charge in [-0.3, -0.25) is 0 Å². The second kappa shape index (κ2) is 11.3. The van der Waals surface area contributed by atoms with Gasteiger partial charge in [0.05, 0.1) is 13.2 Å². The molecular weight excluding hydrogens is 392 g/mol. The van der Waals surface area contributed by atoms with Crippen LogP contribution in [-0.4, -0.2) is 53.9 Å². The molecule has 0 unspecified atom stereocenters. The van der Waals surface area contributed by atoms with Gasteiger partial charge < -0.3 is 19.1 Å². The minimum absolute atomic E-state index is 0.144. The summed E-state index contributed by atoms with van der Waals surface area (Å²) in [4.78, 5) is 30.5. The average molecular weight is 427 g/mol. The van der Waals surface area contributed by atoms with Gasteiger partial charge >= 0.3 is 12.1 Å². The Morgan fingerprint density at radius 3 is 2.52 bits per heavy atom. The highest BCUT2D eigenvalue weighted by Gasteiger charge is 2.31. The van der Waals surface area contributed by atoms with Gasteiger partial charge in [0.25, 0.3) is 0 Å². The maximum atomic E-state index is 12.6. The van der Waals surface area contributed by atoms with Crippen molar-refractivity contribution in [2.45, 2.75) is 65.7 Å². The van der Waals surface area contributed by atoms with E-state index in [-0.39, 0.29) is 30.4 Å². The standard InChI is InChI=1S/C21H34N2O5S/c1-9-11-27-17(18-22-15(13-29-18)19(24)26-10-2)12-16(14(3)4)23(8)20(25)28-21(5,6)7/h9,13-14,16-17H,1,10-12H2,2-8H3/t16-,17-/m1/s1. The van der Waals surface area contributed by atoms with Crippen LogP contribution in [0.1, 0.15) is 69.6 Å². The van der Waals surface area contributed by atoms with Crippen LogP contribution in [-0.2, 0) is 14.2 Å². The van der Waals surface area contributed by atoms with Gasteiger partial charge in [0.15, 0.2) is 5.69 Å². The van der Waals surface area contributed by atoms with E-state index in [9.17, 15) is 9.59 Å². The molecule has 164 valence electrons. The van der Waals surface area contributed by atoms with Gasteiger partial charge in [-0.2, -0.15) is 0 Å². The molecule has 0 aliphatic carbocycles. The van der Waals surface area contributed by atoms with Crippen LogP contribution in [0.4, 0.5) is 4.79 Å². The number of esters is 1. The predicted molar refractivity (Wildman–Crippen MR) is 114 cm³/mol. The number of aromatic nitrogens is 1. The van der Waals surface area contributed by atoms with Gasteiger partial charge in [0, 0.05) is 24.9 Å². The lowest BCUT2D eigenvalue weighted by molar-refractivity contribution is 0.00154. The van der Waals surface area contributed by atoms with Crippen molar-refractivity contribution >= 4 is 23.4 Å². The lowest BCUT2D eigenvalue weighted by Crippen LogP contribution is -2.44. The fourth-order valence-corrected chi connectivity index (χ4v) is 3.57. The Morgan fingerprint density at radius 1 is 1.34 bits per heavy atom. The number of hydrogen-bond acceptors (Lipinski definition) is 7. The highest BCUT2D eigenvalue weighted by Crippen LogP contribution is 2.30. The summed E-state index contributed by atoms with van der Waals surface area (Å²) in [6.07, 6.45) is 1.40. The first-order valence-corrected chi connectivity index (χ1v) is 10.7. The Balaban J connectivity index is 3.05. The van der Waals surface area contributed by atoms with E-state index < -0.39 is 17.7 Å². The molecule has 0 N–H and O–H groups in total. The van der Waals surface area contributed by atoms with E-state index in [1.165, 1.54) is 11.3 Å². The van der Waals surface area contributed by atoms with Crippen LogP contribution in [0.25, 0.3) is 0 Å². The minimum atomic E-state index is -0.574. The molecule has 1 aromatic heterocycles. The van der Waals surface area contributed by atoms with Crippen molar-refractivity contribution in [2.75, 3.05) is 20.3 Å². The second-order valence-corrected chi connectivity index (χ2v) is 8.93. The molecule has 0 spiro atoms. The van der Waals surface area contributed by atoms with Crippen LogP contribution in [0.2, 0.25) is 0 Å². The molecule has 29 heavy (non-hydrogen) atoms. The van der Waals surface area contributed by atoms with Crippen LogP contribution in [0.15, 0.2) is 18.0 Å². The monoisotopic (exact) mass is 426 g/mol. The van der Waals surface area contributed by atoms with Crippen molar-refractivity contribution in [3.05, 3.63) is 28.7 Å². The Hall–Kier alpha value is -1.93. The van der Waals surface area contributed by atoms with E-state index in [0.29, 0.717) is 18.0 Å². The highest BCUT2D eigenvalue weighted by atomic mass is 32.1. The lowest BCUT2D eigenvalue weighted by Gasteiger charge is -2.34. The van der Waals surface area contributed by atoms with Gasteiger partial charge in [0.2, 0.25) is 0 Å². The summed E-state index contributed by atoms with van der Waals surface area (Å²) in [5.41, 5.74) is -0.309. The third-order valence-corrected chi connectivity index (χ3v) is 5.04. The summed E-state index contributed by atoms with van der Waals surface area (Å²) in [5.74, 6) is -0.296. The van der Waals surface area contributed by atoms with Crippen LogP contribution in [0.3, 0.4) is 0 Å². The van der Waals surface area contributed by atoms with Crippen LogP contribution < -0.4 is 0 Å². The zero-order chi connectivity index (χ0) is 22.2. The minimum Gasteiger partial charge on any atom is -0.461 e. The number of ether oxygens (including phenoxy) is 3. The molecule has 1 heterocycles. The summed E-state index contributed by atoms with van der Waals surface area (Å²) in [5, 5.41) is 2.33. The molecule has 1 amide bonds. The molecule has 8 heteroatoms. The molecule has 0 aliphatic rings. The molecule has 0 bridgehead atoms. The van der Waals surface area contributed by atoms with Crippen molar-refractivity contribution in [2.24, 2.45) is 5.92 Å². The van der Waals surface area contributed by atoms with E-state index in [2.05, 4.69) is 11.6 Å². The number of carbonyl (C=O) groups is 2. The third-order valence-electron chi connectivity index (χ3n) is 4.10. The number of amides is 1. The van der Waals surface area contributed by atoms with Crippen molar-refractivity contribution in [1.82, 2.24) is 9.88 Å². The van der Waals surface area contributed by atoms with Gasteiger partial charge in [-0.1, -0.05) is 19.9 Å². The molecule has 0 saturated carbocycles.